The van der Waals surface area contributed by atoms with Gasteiger partial charge in [0.15, 0.2) is 0 Å². The quantitative estimate of drug-likeness (QED) is 0.689. The van der Waals surface area contributed by atoms with Crippen molar-refractivity contribution in [1.29, 1.82) is 5.41 Å². The van der Waals surface area contributed by atoms with E-state index in [2.05, 4.69) is 36.5 Å². The van der Waals surface area contributed by atoms with Crippen molar-refractivity contribution >= 4 is 17.7 Å². The second-order valence-electron chi connectivity index (χ2n) is 8.16. The van der Waals surface area contributed by atoms with Crippen molar-refractivity contribution in [2.24, 2.45) is 0 Å². The summed E-state index contributed by atoms with van der Waals surface area (Å²) in [5.74, 6) is 0.130. The zero-order valence-corrected chi connectivity index (χ0v) is 17.7. The van der Waals surface area contributed by atoms with Gasteiger partial charge in [0.2, 0.25) is 0 Å². The van der Waals surface area contributed by atoms with Crippen LogP contribution in [0.25, 0.3) is 5.57 Å². The normalized spacial score (nSPS) is 18.6. The van der Waals surface area contributed by atoms with Crippen molar-refractivity contribution in [2.45, 2.75) is 38.8 Å². The van der Waals surface area contributed by atoms with E-state index in [9.17, 15) is 4.79 Å². The zero-order valence-electron chi connectivity index (χ0n) is 17.7. The van der Waals surface area contributed by atoms with Crippen molar-refractivity contribution in [3.05, 3.63) is 76.0 Å². The summed E-state index contributed by atoms with van der Waals surface area (Å²) in [7, 11) is 1.83. The highest BCUT2D eigenvalue weighted by atomic mass is 16.5. The van der Waals surface area contributed by atoms with Gasteiger partial charge < -0.3 is 20.4 Å². The molecule has 2 aromatic rings. The first kappa shape index (κ1) is 20.4. The maximum Gasteiger partial charge on any atom is 0.254 e. The molecule has 2 N–H and O–H groups in total. The number of carbonyl (C=O) groups is 1. The number of amides is 1. The third kappa shape index (κ3) is 4.17. The number of nitrogens with one attached hydrogen (secondary N) is 2. The van der Waals surface area contributed by atoms with E-state index in [1.807, 2.05) is 30.3 Å². The summed E-state index contributed by atoms with van der Waals surface area (Å²) in [5, 5.41) is 10.5. The van der Waals surface area contributed by atoms with Crippen LogP contribution in [0.5, 0.6) is 0 Å². The molecule has 0 bridgehead atoms. The van der Waals surface area contributed by atoms with Gasteiger partial charge in [-0.05, 0) is 60.1 Å². The van der Waals surface area contributed by atoms with Crippen LogP contribution in [-0.2, 0) is 17.7 Å². The molecule has 1 atom stereocenters. The van der Waals surface area contributed by atoms with Crippen LogP contribution in [0.1, 0.15) is 51.0 Å². The first-order valence-corrected chi connectivity index (χ1v) is 10.6. The lowest BCUT2D eigenvalue weighted by atomic mass is 9.95. The number of hydrogen-bond acceptors (Lipinski definition) is 4. The zero-order chi connectivity index (χ0) is 21.1. The molecule has 2 heterocycles. The Bertz CT molecular complexity index is 973. The second kappa shape index (κ2) is 8.84. The van der Waals surface area contributed by atoms with Crippen LogP contribution in [-0.4, -0.2) is 43.3 Å². The van der Waals surface area contributed by atoms with Gasteiger partial charge in [0.05, 0.1) is 6.10 Å². The van der Waals surface area contributed by atoms with E-state index in [0.717, 1.165) is 48.1 Å². The molecule has 2 aliphatic rings. The van der Waals surface area contributed by atoms with E-state index in [1.54, 1.807) is 0 Å². The number of hydrogen-bond donors (Lipinski definition) is 2. The minimum absolute atomic E-state index is 0.130. The number of allylic oxidation sites excluding steroid dienone is 1. The lowest BCUT2D eigenvalue weighted by Crippen LogP contribution is -2.32. The van der Waals surface area contributed by atoms with Gasteiger partial charge in [-0.15, -0.1) is 0 Å². The summed E-state index contributed by atoms with van der Waals surface area (Å²) >= 11 is 0. The second-order valence-corrected chi connectivity index (χ2v) is 8.16. The fourth-order valence-corrected chi connectivity index (χ4v) is 4.36. The van der Waals surface area contributed by atoms with Gasteiger partial charge in [0.1, 0.15) is 0 Å². The molecular weight excluding hydrogens is 374 g/mol. The van der Waals surface area contributed by atoms with E-state index in [1.165, 1.54) is 22.9 Å². The molecule has 0 aromatic heterocycles. The highest BCUT2D eigenvalue weighted by Gasteiger charge is 2.31. The maximum atomic E-state index is 13.0. The minimum atomic E-state index is 0.130. The lowest BCUT2D eigenvalue weighted by molar-refractivity contribution is 0.0545. The number of ether oxygens (including phenoxy) is 1. The van der Waals surface area contributed by atoms with E-state index in [4.69, 9.17) is 10.1 Å². The first-order chi connectivity index (χ1) is 14.6. The van der Waals surface area contributed by atoms with Crippen LogP contribution in [0, 0.1) is 12.3 Å². The Hall–Kier alpha value is -2.92. The van der Waals surface area contributed by atoms with E-state index < -0.39 is 0 Å². The lowest BCUT2D eigenvalue weighted by Gasteiger charge is -2.19. The Morgan fingerprint density at radius 2 is 2.10 bits per heavy atom. The summed E-state index contributed by atoms with van der Waals surface area (Å²) in [4.78, 5) is 14.9. The van der Waals surface area contributed by atoms with Gasteiger partial charge in [-0.3, -0.25) is 4.79 Å². The number of rotatable bonds is 7. The molecule has 1 fully saturated rings. The molecule has 156 valence electrons. The minimum Gasteiger partial charge on any atom is -0.393 e. The smallest absolute Gasteiger partial charge is 0.254 e. The molecule has 4 rings (SSSR count). The molecule has 2 aliphatic heterocycles. The molecule has 1 saturated heterocycles. The molecular formula is C25H29N3O2. The summed E-state index contributed by atoms with van der Waals surface area (Å²) in [6.45, 7) is 4.32. The van der Waals surface area contributed by atoms with Gasteiger partial charge in [0.25, 0.3) is 5.91 Å². The van der Waals surface area contributed by atoms with E-state index in [-0.39, 0.29) is 12.0 Å². The van der Waals surface area contributed by atoms with Gasteiger partial charge in [-0.1, -0.05) is 30.3 Å². The molecule has 2 aromatic carbocycles. The largest absolute Gasteiger partial charge is 0.393 e. The summed E-state index contributed by atoms with van der Waals surface area (Å²) < 4.78 is 5.72. The van der Waals surface area contributed by atoms with Crippen LogP contribution in [0.15, 0.2) is 42.6 Å². The Kier molecular flexibility index (Phi) is 6.00. The summed E-state index contributed by atoms with van der Waals surface area (Å²) in [6, 6.07) is 12.5. The predicted octanol–water partition coefficient (Wildman–Crippen LogP) is 3.93. The molecule has 0 saturated carbocycles. The monoisotopic (exact) mass is 403 g/mol. The topological polar surface area (TPSA) is 65.4 Å². The summed E-state index contributed by atoms with van der Waals surface area (Å²) in [5.41, 5.74) is 7.42. The number of nitrogens with zero attached hydrogens (tertiary/aromatic N) is 1. The maximum absolute atomic E-state index is 13.0. The van der Waals surface area contributed by atoms with Crippen molar-refractivity contribution in [3.8, 4) is 0 Å². The number of aryl methyl sites for hydroxylation is 1. The average Bonchev–Trinajstić information content (AvgIpc) is 3.36. The van der Waals surface area contributed by atoms with Crippen molar-refractivity contribution < 1.29 is 9.53 Å². The molecule has 0 radical (unpaired) electrons. The fraction of sp³-hybridized carbons (Fsp3) is 0.360. The first-order valence-electron chi connectivity index (χ1n) is 10.6. The van der Waals surface area contributed by atoms with Gasteiger partial charge in [0, 0.05) is 50.3 Å². The molecule has 0 aliphatic carbocycles. The fourth-order valence-electron chi connectivity index (χ4n) is 4.36. The predicted molar refractivity (Wildman–Crippen MR) is 120 cm³/mol. The van der Waals surface area contributed by atoms with Gasteiger partial charge >= 0.3 is 0 Å². The van der Waals surface area contributed by atoms with Crippen LogP contribution < -0.4 is 5.32 Å². The highest BCUT2D eigenvalue weighted by molar-refractivity contribution is 6.08. The highest BCUT2D eigenvalue weighted by Crippen LogP contribution is 2.29. The molecule has 30 heavy (non-hydrogen) atoms. The van der Waals surface area contributed by atoms with E-state index >= 15 is 0 Å². The van der Waals surface area contributed by atoms with Crippen molar-refractivity contribution in [3.63, 3.8) is 0 Å². The summed E-state index contributed by atoms with van der Waals surface area (Å²) in [6.07, 6.45) is 6.28. The van der Waals surface area contributed by atoms with Crippen LogP contribution in [0.4, 0.5) is 0 Å². The molecule has 0 spiro atoms. The van der Waals surface area contributed by atoms with Gasteiger partial charge in [-0.25, -0.2) is 0 Å². The molecule has 1 unspecified atom stereocenters. The Morgan fingerprint density at radius 3 is 2.77 bits per heavy atom. The van der Waals surface area contributed by atoms with Crippen LogP contribution >= 0.6 is 0 Å². The van der Waals surface area contributed by atoms with Gasteiger partial charge in [-0.2, -0.15) is 0 Å². The molecule has 1 amide bonds. The Morgan fingerprint density at radius 1 is 1.30 bits per heavy atom. The number of carbonyl (C=O) groups excluding carboxylic acids is 1. The Balaban J connectivity index is 1.50. The number of benzene rings is 2. The average molecular weight is 404 g/mol. The third-order valence-electron chi connectivity index (χ3n) is 6.03. The molecule has 5 heteroatoms. The Labute approximate surface area is 178 Å². The number of fused-ring (bicyclic) bond motifs is 1. The van der Waals surface area contributed by atoms with E-state index in [0.29, 0.717) is 13.1 Å². The molecule has 5 nitrogen and oxygen atoms in total. The standard InChI is InChI=1S/C25H29N3O2/c1-17-10-21-15-28(16-23-4-3-9-30-23)25(29)24(21)12-20(17)11-18-5-7-19(8-6-18)22(13-26)14-27-2/h5-8,10,12-14,23,26-27H,3-4,9,11,15-16H2,1-2H3/b22-14+,26-13?. The SMILES string of the molecule is CN/C=C(\C=N)c1ccc(Cc2cc3c(cc2C)CN(CC2CCCO2)C3=O)cc1. The van der Waals surface area contributed by atoms with Crippen LogP contribution in [0.3, 0.4) is 0 Å². The van der Waals surface area contributed by atoms with Crippen molar-refractivity contribution in [2.75, 3.05) is 20.2 Å². The van der Waals surface area contributed by atoms with Crippen LogP contribution in [0.2, 0.25) is 0 Å². The third-order valence-corrected chi connectivity index (χ3v) is 6.03. The van der Waals surface area contributed by atoms with Crippen molar-refractivity contribution in [1.82, 2.24) is 10.2 Å².